The molecule has 132 valence electrons. The third kappa shape index (κ3) is 2.94. The van der Waals surface area contributed by atoms with Gasteiger partial charge in [-0.05, 0) is 43.9 Å². The Morgan fingerprint density at radius 1 is 1.38 bits per heavy atom. The molecule has 1 aromatic rings. The second kappa shape index (κ2) is 5.91. The summed E-state index contributed by atoms with van der Waals surface area (Å²) in [6, 6.07) is 2.30. The molecule has 0 radical (unpaired) electrons. The number of amides is 2. The van der Waals surface area contributed by atoms with Crippen molar-refractivity contribution in [3.63, 3.8) is 0 Å². The topological polar surface area (TPSA) is 41.6 Å². The number of carbonyl (C=O) groups excluding carboxylic acids is 1. The highest BCUT2D eigenvalue weighted by molar-refractivity contribution is 5.91. The van der Waals surface area contributed by atoms with Crippen molar-refractivity contribution in [1.82, 2.24) is 4.90 Å². The van der Waals surface area contributed by atoms with E-state index in [1.807, 2.05) is 0 Å². The Balaban J connectivity index is 2.14. The molecule has 1 aliphatic carbocycles. The summed E-state index contributed by atoms with van der Waals surface area (Å²) in [4.78, 5) is 13.2. The number of halogens is 4. The molecule has 2 aliphatic rings. The number of urea groups is 1. The highest BCUT2D eigenvalue weighted by Crippen LogP contribution is 2.48. The quantitative estimate of drug-likeness (QED) is 0.841. The minimum absolute atomic E-state index is 0.0682. The van der Waals surface area contributed by atoms with Gasteiger partial charge in [0.15, 0.2) is 0 Å². The summed E-state index contributed by atoms with van der Waals surface area (Å²) in [7, 11) is 0. The summed E-state index contributed by atoms with van der Waals surface area (Å²) >= 11 is 0. The molecule has 24 heavy (non-hydrogen) atoms. The number of anilines is 1. The van der Waals surface area contributed by atoms with Crippen molar-refractivity contribution < 1.29 is 27.1 Å². The van der Waals surface area contributed by atoms with Crippen LogP contribution in [0.25, 0.3) is 0 Å². The average molecular weight is 346 g/mol. The van der Waals surface area contributed by atoms with E-state index in [-0.39, 0.29) is 30.3 Å². The molecule has 1 N–H and O–H groups in total. The van der Waals surface area contributed by atoms with E-state index in [4.69, 9.17) is 4.74 Å². The second-order valence-electron chi connectivity index (χ2n) is 6.21. The van der Waals surface area contributed by atoms with Gasteiger partial charge in [0.2, 0.25) is 5.60 Å². The van der Waals surface area contributed by atoms with E-state index in [0.717, 1.165) is 35.9 Å². The maximum Gasteiger partial charge on any atom is 0.423 e. The number of nitrogens with zero attached hydrogens (tertiary/aromatic N) is 1. The molecular formula is C16H18F4N2O2. The van der Waals surface area contributed by atoms with Crippen molar-refractivity contribution in [3.8, 4) is 0 Å². The first-order valence-electron chi connectivity index (χ1n) is 7.83. The number of alkyl halides is 3. The molecule has 4 nitrogen and oxygen atoms in total. The zero-order valence-corrected chi connectivity index (χ0v) is 13.1. The number of hydrogen-bond acceptors (Lipinski definition) is 2. The van der Waals surface area contributed by atoms with Gasteiger partial charge in [0.1, 0.15) is 5.82 Å². The lowest BCUT2D eigenvalue weighted by molar-refractivity contribution is -0.288. The molecule has 1 heterocycles. The van der Waals surface area contributed by atoms with Crippen LogP contribution in [0.15, 0.2) is 18.2 Å². The van der Waals surface area contributed by atoms with E-state index in [2.05, 4.69) is 5.32 Å². The standard InChI is InChI=1S/C16H18F4N2O2/c1-2-22-9-15(16(18,19)20,24-8-10-3-4-10)12-7-11(17)5-6-13(12)21-14(22)23/h5-7,10H,2-4,8-9H2,1H3,(H,21,23)/t15-/m0/s1. The summed E-state index contributed by atoms with van der Waals surface area (Å²) < 4.78 is 61.3. The maximum atomic E-state index is 14.1. The minimum atomic E-state index is -4.80. The molecule has 0 aromatic heterocycles. The van der Waals surface area contributed by atoms with Gasteiger partial charge in [0.05, 0.1) is 13.2 Å². The second-order valence-corrected chi connectivity index (χ2v) is 6.21. The molecule has 3 rings (SSSR count). The predicted octanol–water partition coefficient (Wildman–Crippen LogP) is 3.88. The number of ether oxygens (including phenoxy) is 1. The van der Waals surface area contributed by atoms with Gasteiger partial charge in [-0.25, -0.2) is 9.18 Å². The van der Waals surface area contributed by atoms with E-state index in [1.54, 1.807) is 6.92 Å². The minimum Gasteiger partial charge on any atom is -0.359 e. The van der Waals surface area contributed by atoms with Gasteiger partial charge in [-0.1, -0.05) is 0 Å². The number of fused-ring (bicyclic) bond motifs is 1. The lowest BCUT2D eigenvalue weighted by Crippen LogP contribution is -2.53. The lowest BCUT2D eigenvalue weighted by atomic mass is 9.90. The molecule has 0 spiro atoms. The molecule has 1 saturated carbocycles. The van der Waals surface area contributed by atoms with E-state index in [0.29, 0.717) is 0 Å². The van der Waals surface area contributed by atoms with Crippen LogP contribution in [0.1, 0.15) is 25.3 Å². The van der Waals surface area contributed by atoms with Gasteiger partial charge in [-0.3, -0.25) is 0 Å². The zero-order valence-electron chi connectivity index (χ0n) is 13.1. The first kappa shape index (κ1) is 17.0. The Morgan fingerprint density at radius 2 is 2.08 bits per heavy atom. The van der Waals surface area contributed by atoms with E-state index in [9.17, 15) is 22.4 Å². The summed E-state index contributed by atoms with van der Waals surface area (Å²) in [6.45, 7) is 0.883. The molecule has 8 heteroatoms. The summed E-state index contributed by atoms with van der Waals surface area (Å²) in [5, 5.41) is 2.42. The van der Waals surface area contributed by atoms with Crippen molar-refractivity contribution in [2.45, 2.75) is 31.5 Å². The Bertz CT molecular complexity index is 645. The van der Waals surface area contributed by atoms with Crippen LogP contribution in [0.5, 0.6) is 0 Å². The van der Waals surface area contributed by atoms with Crippen LogP contribution in [0.2, 0.25) is 0 Å². The Labute approximate surface area is 136 Å². The van der Waals surface area contributed by atoms with E-state index >= 15 is 0 Å². The van der Waals surface area contributed by atoms with Gasteiger partial charge >= 0.3 is 12.2 Å². The molecule has 1 atom stereocenters. The third-order valence-corrected chi connectivity index (χ3v) is 4.46. The number of carbonyl (C=O) groups is 1. The number of benzene rings is 1. The van der Waals surface area contributed by atoms with Crippen molar-refractivity contribution in [3.05, 3.63) is 29.6 Å². The highest BCUT2D eigenvalue weighted by atomic mass is 19.4. The molecule has 0 bridgehead atoms. The third-order valence-electron chi connectivity index (χ3n) is 4.46. The molecular weight excluding hydrogens is 328 g/mol. The van der Waals surface area contributed by atoms with E-state index in [1.165, 1.54) is 0 Å². The normalized spacial score (nSPS) is 24.4. The molecule has 2 amide bonds. The van der Waals surface area contributed by atoms with Crippen LogP contribution in [-0.4, -0.2) is 36.8 Å². The smallest absolute Gasteiger partial charge is 0.359 e. The predicted molar refractivity (Wildman–Crippen MR) is 79.1 cm³/mol. The fourth-order valence-corrected chi connectivity index (χ4v) is 2.83. The van der Waals surface area contributed by atoms with Crippen LogP contribution < -0.4 is 5.32 Å². The van der Waals surface area contributed by atoms with Gasteiger partial charge in [-0.15, -0.1) is 0 Å². The van der Waals surface area contributed by atoms with Gasteiger partial charge < -0.3 is 15.0 Å². The van der Waals surface area contributed by atoms with Gasteiger partial charge in [-0.2, -0.15) is 13.2 Å². The number of rotatable bonds is 4. The van der Waals surface area contributed by atoms with Crippen molar-refractivity contribution in [2.24, 2.45) is 5.92 Å². The summed E-state index contributed by atoms with van der Waals surface area (Å²) in [5.74, 6) is -0.722. The number of hydrogen-bond donors (Lipinski definition) is 1. The van der Waals surface area contributed by atoms with Crippen molar-refractivity contribution >= 4 is 11.7 Å². The molecule has 0 unspecified atom stereocenters. The van der Waals surface area contributed by atoms with Crippen molar-refractivity contribution in [2.75, 3.05) is 25.0 Å². The lowest BCUT2D eigenvalue weighted by Gasteiger charge is -2.38. The van der Waals surface area contributed by atoms with Crippen LogP contribution in [0.3, 0.4) is 0 Å². The van der Waals surface area contributed by atoms with Crippen molar-refractivity contribution in [1.29, 1.82) is 0 Å². The SMILES string of the molecule is CCN1C[C@@](OCC2CC2)(C(F)(F)F)c2cc(F)ccc2NC1=O. The van der Waals surface area contributed by atoms with Crippen LogP contribution >= 0.6 is 0 Å². The molecule has 0 saturated heterocycles. The Kier molecular flexibility index (Phi) is 4.19. The summed E-state index contributed by atoms with van der Waals surface area (Å²) in [6.07, 6.45) is -3.17. The van der Waals surface area contributed by atoms with Crippen LogP contribution in [-0.2, 0) is 10.3 Å². The first-order valence-corrected chi connectivity index (χ1v) is 7.83. The maximum absolute atomic E-state index is 14.1. The monoisotopic (exact) mass is 346 g/mol. The highest BCUT2D eigenvalue weighted by Gasteiger charge is 2.61. The van der Waals surface area contributed by atoms with Gasteiger partial charge in [0.25, 0.3) is 0 Å². The number of likely N-dealkylation sites (N-methyl/N-ethyl adjacent to an activating group) is 1. The zero-order chi connectivity index (χ0) is 17.5. The van der Waals surface area contributed by atoms with Gasteiger partial charge in [0, 0.05) is 17.8 Å². The number of nitrogens with one attached hydrogen (secondary N) is 1. The molecule has 1 aliphatic heterocycles. The first-order chi connectivity index (χ1) is 11.3. The molecule has 1 fully saturated rings. The van der Waals surface area contributed by atoms with Crippen LogP contribution in [0.4, 0.5) is 28.0 Å². The van der Waals surface area contributed by atoms with E-state index < -0.39 is 30.2 Å². The summed E-state index contributed by atoms with van der Waals surface area (Å²) in [5.41, 5.74) is -3.22. The fraction of sp³-hybridized carbons (Fsp3) is 0.562. The molecule has 1 aromatic carbocycles. The van der Waals surface area contributed by atoms with Crippen LogP contribution in [0, 0.1) is 11.7 Å². The largest absolute Gasteiger partial charge is 0.423 e. The average Bonchev–Trinajstić information content (AvgIpc) is 3.32. The Hall–Kier alpha value is -1.83. The fourth-order valence-electron chi connectivity index (χ4n) is 2.83. The Morgan fingerprint density at radius 3 is 2.67 bits per heavy atom.